The fourth-order valence-corrected chi connectivity index (χ4v) is 2.24. The molecule has 0 atom stereocenters. The van der Waals surface area contributed by atoms with Gasteiger partial charge in [0.15, 0.2) is 5.78 Å². The molecule has 104 valence electrons. The smallest absolute Gasteiger partial charge is 0.287 e. The van der Waals surface area contributed by atoms with Crippen LogP contribution in [0.3, 0.4) is 0 Å². The van der Waals surface area contributed by atoms with Gasteiger partial charge in [-0.15, -0.1) is 0 Å². The van der Waals surface area contributed by atoms with Gasteiger partial charge in [0.2, 0.25) is 0 Å². The number of nitro groups is 1. The van der Waals surface area contributed by atoms with Crippen LogP contribution in [0.5, 0.6) is 0 Å². The average molecular weight is 267 g/mol. The van der Waals surface area contributed by atoms with E-state index in [1.807, 2.05) is 4.90 Å². The summed E-state index contributed by atoms with van der Waals surface area (Å²) in [5.41, 5.74) is 0.210. The Morgan fingerprint density at radius 3 is 2.79 bits per heavy atom. The van der Waals surface area contributed by atoms with Gasteiger partial charge in [0.05, 0.1) is 29.5 Å². The maximum atomic E-state index is 12.0. The van der Waals surface area contributed by atoms with E-state index in [4.69, 9.17) is 4.74 Å². The van der Waals surface area contributed by atoms with Gasteiger partial charge in [-0.05, 0) is 12.8 Å². The average Bonchev–Trinajstić information content (AvgIpc) is 2.89. The van der Waals surface area contributed by atoms with Crippen LogP contribution < -0.4 is 0 Å². The molecule has 1 fully saturated rings. The second kappa shape index (κ2) is 5.94. The van der Waals surface area contributed by atoms with Gasteiger partial charge in [-0.25, -0.2) is 0 Å². The number of nitrogens with zero attached hydrogens (tertiary/aromatic N) is 2. The summed E-state index contributed by atoms with van der Waals surface area (Å²) < 4.78 is 5.27. The van der Waals surface area contributed by atoms with Crippen molar-refractivity contribution in [2.24, 2.45) is 0 Å². The Kier molecular flexibility index (Phi) is 4.28. The molecule has 7 heteroatoms. The first-order valence-electron chi connectivity index (χ1n) is 6.21. The van der Waals surface area contributed by atoms with E-state index in [-0.39, 0.29) is 24.1 Å². The van der Waals surface area contributed by atoms with Gasteiger partial charge in [0.1, 0.15) is 0 Å². The number of nitrogens with one attached hydrogen (secondary N) is 1. The van der Waals surface area contributed by atoms with Crippen molar-refractivity contribution in [3.8, 4) is 0 Å². The Morgan fingerprint density at radius 1 is 1.58 bits per heavy atom. The van der Waals surface area contributed by atoms with Crippen LogP contribution in [0, 0.1) is 10.1 Å². The lowest BCUT2D eigenvalue weighted by molar-refractivity contribution is -0.384. The molecule has 0 bridgehead atoms. The molecule has 1 N–H and O–H groups in total. The zero-order valence-electron chi connectivity index (χ0n) is 10.8. The molecule has 0 unspecified atom stereocenters. The molecular formula is C12H17N3O4. The van der Waals surface area contributed by atoms with Crippen molar-refractivity contribution in [2.45, 2.75) is 18.9 Å². The Balaban J connectivity index is 1.88. The van der Waals surface area contributed by atoms with Gasteiger partial charge in [0, 0.05) is 26.3 Å². The molecule has 19 heavy (non-hydrogen) atoms. The highest BCUT2D eigenvalue weighted by Gasteiger charge is 2.22. The number of aromatic nitrogens is 1. The van der Waals surface area contributed by atoms with Gasteiger partial charge in [-0.1, -0.05) is 0 Å². The number of piperidine rings is 1. The largest absolute Gasteiger partial charge is 0.381 e. The maximum Gasteiger partial charge on any atom is 0.287 e. The number of carbonyl (C=O) groups excluding carboxylic acids is 1. The molecule has 0 spiro atoms. The van der Waals surface area contributed by atoms with Crippen molar-refractivity contribution in [3.63, 3.8) is 0 Å². The maximum absolute atomic E-state index is 12.0. The molecule has 0 aliphatic carbocycles. The number of Topliss-reactive ketones (excluding diaryl/α,β-unsaturated/α-hetero) is 1. The molecule has 1 aliphatic rings. The number of rotatable bonds is 5. The van der Waals surface area contributed by atoms with Crippen LogP contribution in [0.1, 0.15) is 23.3 Å². The topological polar surface area (TPSA) is 88.5 Å². The molecule has 2 rings (SSSR count). The first-order valence-corrected chi connectivity index (χ1v) is 6.21. The number of likely N-dealkylation sites (tertiary alicyclic amines) is 1. The number of hydrogen-bond donors (Lipinski definition) is 1. The third-order valence-corrected chi connectivity index (χ3v) is 3.41. The summed E-state index contributed by atoms with van der Waals surface area (Å²) in [5, 5.41) is 10.5. The van der Waals surface area contributed by atoms with E-state index in [2.05, 4.69) is 4.98 Å². The summed E-state index contributed by atoms with van der Waals surface area (Å²) >= 11 is 0. The van der Waals surface area contributed by atoms with Crippen LogP contribution in [0.15, 0.2) is 12.3 Å². The quantitative estimate of drug-likeness (QED) is 0.492. The lowest BCUT2D eigenvalue weighted by Gasteiger charge is -2.30. The number of hydrogen-bond acceptors (Lipinski definition) is 5. The fraction of sp³-hybridized carbons (Fsp3) is 0.583. The Bertz CT molecular complexity index is 463. The summed E-state index contributed by atoms with van der Waals surface area (Å²) in [6.45, 7) is 1.91. The highest BCUT2D eigenvalue weighted by atomic mass is 16.6. The molecule has 0 aromatic carbocycles. The molecule has 1 aromatic rings. The number of methoxy groups -OCH3 is 1. The van der Waals surface area contributed by atoms with E-state index >= 15 is 0 Å². The second-order valence-corrected chi connectivity index (χ2v) is 4.66. The van der Waals surface area contributed by atoms with E-state index in [9.17, 15) is 14.9 Å². The number of aromatic amines is 1. The van der Waals surface area contributed by atoms with E-state index in [0.29, 0.717) is 5.69 Å². The summed E-state index contributed by atoms with van der Waals surface area (Å²) in [5.74, 6) is -0.121. The van der Waals surface area contributed by atoms with Crippen molar-refractivity contribution < 1.29 is 14.5 Å². The standard InChI is InChI=1S/C12H17N3O4/c1-19-10-2-4-14(5-3-10)8-12(16)11-6-9(7-13-11)15(17)18/h6-7,10,13H,2-5,8H2,1H3. The summed E-state index contributed by atoms with van der Waals surface area (Å²) in [4.78, 5) is 26.7. The summed E-state index contributed by atoms with van der Waals surface area (Å²) in [6, 6.07) is 1.28. The molecule has 0 saturated carbocycles. The van der Waals surface area contributed by atoms with Crippen molar-refractivity contribution >= 4 is 11.5 Å². The molecule has 0 amide bonds. The predicted octanol–water partition coefficient (Wildman–Crippen LogP) is 1.22. The van der Waals surface area contributed by atoms with Gasteiger partial charge in [-0.3, -0.25) is 19.8 Å². The van der Waals surface area contributed by atoms with Crippen LogP contribution in [-0.2, 0) is 4.74 Å². The summed E-state index contributed by atoms with van der Waals surface area (Å²) in [7, 11) is 1.70. The minimum Gasteiger partial charge on any atom is -0.381 e. The number of carbonyl (C=O) groups is 1. The highest BCUT2D eigenvalue weighted by molar-refractivity contribution is 5.96. The molecule has 1 aliphatic heterocycles. The minimum atomic E-state index is -0.517. The molecular weight excluding hydrogens is 250 g/mol. The van der Waals surface area contributed by atoms with Crippen LogP contribution in [0.4, 0.5) is 5.69 Å². The fourth-order valence-electron chi connectivity index (χ4n) is 2.24. The minimum absolute atomic E-state index is 0.0820. The number of ether oxygens (including phenoxy) is 1. The Morgan fingerprint density at radius 2 is 2.26 bits per heavy atom. The molecule has 0 radical (unpaired) electrons. The zero-order chi connectivity index (χ0) is 13.8. The van der Waals surface area contributed by atoms with Crippen molar-refractivity contribution in [1.82, 2.24) is 9.88 Å². The lowest BCUT2D eigenvalue weighted by Crippen LogP contribution is -2.39. The van der Waals surface area contributed by atoms with Crippen LogP contribution in [-0.4, -0.2) is 53.4 Å². The van der Waals surface area contributed by atoms with E-state index < -0.39 is 4.92 Å². The van der Waals surface area contributed by atoms with Crippen molar-refractivity contribution in [3.05, 3.63) is 28.1 Å². The van der Waals surface area contributed by atoms with Gasteiger partial charge in [-0.2, -0.15) is 0 Å². The van der Waals surface area contributed by atoms with E-state index in [0.717, 1.165) is 25.9 Å². The van der Waals surface area contributed by atoms with Crippen LogP contribution in [0.2, 0.25) is 0 Å². The molecule has 7 nitrogen and oxygen atoms in total. The van der Waals surface area contributed by atoms with E-state index in [1.54, 1.807) is 7.11 Å². The first-order chi connectivity index (χ1) is 9.10. The normalized spacial score (nSPS) is 17.5. The van der Waals surface area contributed by atoms with Gasteiger partial charge >= 0.3 is 0 Å². The van der Waals surface area contributed by atoms with Crippen LogP contribution in [0.25, 0.3) is 0 Å². The second-order valence-electron chi connectivity index (χ2n) is 4.66. The lowest BCUT2D eigenvalue weighted by atomic mass is 10.1. The predicted molar refractivity (Wildman–Crippen MR) is 68.2 cm³/mol. The third-order valence-electron chi connectivity index (χ3n) is 3.41. The molecule has 1 saturated heterocycles. The third kappa shape index (κ3) is 3.39. The number of H-pyrrole nitrogens is 1. The molecule has 2 heterocycles. The van der Waals surface area contributed by atoms with Gasteiger partial charge in [0.25, 0.3) is 5.69 Å². The summed E-state index contributed by atoms with van der Waals surface area (Å²) in [6.07, 6.45) is 3.34. The highest BCUT2D eigenvalue weighted by Crippen LogP contribution is 2.15. The molecule has 1 aromatic heterocycles. The Labute approximate surface area is 110 Å². The monoisotopic (exact) mass is 267 g/mol. The zero-order valence-corrected chi connectivity index (χ0v) is 10.8. The first kappa shape index (κ1) is 13.7. The van der Waals surface area contributed by atoms with Crippen molar-refractivity contribution in [2.75, 3.05) is 26.7 Å². The van der Waals surface area contributed by atoms with Crippen molar-refractivity contribution in [1.29, 1.82) is 0 Å². The van der Waals surface area contributed by atoms with Gasteiger partial charge < -0.3 is 9.72 Å². The SMILES string of the molecule is COC1CCN(CC(=O)c2cc([N+](=O)[O-])c[nH]2)CC1. The Hall–Kier alpha value is -1.73. The van der Waals surface area contributed by atoms with E-state index in [1.165, 1.54) is 12.3 Å². The van der Waals surface area contributed by atoms with Crippen LogP contribution >= 0.6 is 0 Å². The number of ketones is 1.